The minimum atomic E-state index is -0.125. The third-order valence-corrected chi connectivity index (χ3v) is 6.04. The number of likely N-dealkylation sites (tertiary alicyclic amines) is 1. The second kappa shape index (κ2) is 9.92. The largest absolute Gasteiger partial charge is 0.492 e. The second-order valence-corrected chi connectivity index (χ2v) is 8.23. The summed E-state index contributed by atoms with van der Waals surface area (Å²) in [5.41, 5.74) is 0.896. The normalized spacial score (nSPS) is 21.0. The number of nitrogens with one attached hydrogen (secondary N) is 1. The maximum atomic E-state index is 12.5. The van der Waals surface area contributed by atoms with Crippen molar-refractivity contribution in [2.75, 3.05) is 26.2 Å². The highest BCUT2D eigenvalue weighted by Gasteiger charge is 2.26. The van der Waals surface area contributed by atoms with Crippen LogP contribution < -0.4 is 10.1 Å². The average Bonchev–Trinajstić information content (AvgIpc) is 3.26. The fraction of sp³-hybridized carbons (Fsp3) is 0.565. The van der Waals surface area contributed by atoms with Crippen molar-refractivity contribution in [1.82, 2.24) is 15.4 Å². The van der Waals surface area contributed by atoms with Gasteiger partial charge in [0.1, 0.15) is 12.4 Å². The van der Waals surface area contributed by atoms with Crippen LogP contribution in [0.1, 0.15) is 67.1 Å². The first-order valence-corrected chi connectivity index (χ1v) is 11.0. The van der Waals surface area contributed by atoms with Crippen molar-refractivity contribution in [3.05, 3.63) is 47.9 Å². The molecule has 1 aromatic carbocycles. The molecule has 0 spiro atoms. The van der Waals surface area contributed by atoms with Crippen molar-refractivity contribution >= 4 is 5.91 Å². The first-order valence-electron chi connectivity index (χ1n) is 11.0. The number of hydrogen-bond donors (Lipinski definition) is 1. The number of para-hydroxylation sites is 1. The van der Waals surface area contributed by atoms with Gasteiger partial charge in [0, 0.05) is 31.1 Å². The molecule has 1 saturated carbocycles. The van der Waals surface area contributed by atoms with Crippen LogP contribution >= 0.6 is 0 Å². The van der Waals surface area contributed by atoms with Crippen LogP contribution in [0, 0.1) is 0 Å². The summed E-state index contributed by atoms with van der Waals surface area (Å²) in [7, 11) is 0. The molecule has 1 atom stereocenters. The third kappa shape index (κ3) is 5.60. The number of nitrogens with zero attached hydrogens (tertiary/aromatic N) is 2. The molecule has 2 aliphatic rings. The van der Waals surface area contributed by atoms with Gasteiger partial charge in [-0.1, -0.05) is 42.6 Å². The zero-order valence-electron chi connectivity index (χ0n) is 17.0. The van der Waals surface area contributed by atoms with E-state index >= 15 is 0 Å². The Bertz CT molecular complexity index is 771. The summed E-state index contributed by atoms with van der Waals surface area (Å²) < 4.78 is 11.2. The number of hydrogen-bond acceptors (Lipinski definition) is 5. The number of benzene rings is 1. The number of ether oxygens (including phenoxy) is 1. The minimum absolute atomic E-state index is 0.125. The van der Waals surface area contributed by atoms with Crippen LogP contribution in [0.5, 0.6) is 5.75 Å². The van der Waals surface area contributed by atoms with Gasteiger partial charge in [0.2, 0.25) is 5.76 Å². The van der Waals surface area contributed by atoms with Crippen LogP contribution in [0.15, 0.2) is 40.9 Å². The van der Waals surface area contributed by atoms with Gasteiger partial charge in [0.15, 0.2) is 0 Å². The Kier molecular flexibility index (Phi) is 6.83. The quantitative estimate of drug-likeness (QED) is 0.765. The van der Waals surface area contributed by atoms with Crippen molar-refractivity contribution in [3.8, 4) is 5.75 Å². The number of aromatic nitrogens is 1. The highest BCUT2D eigenvalue weighted by atomic mass is 16.5. The summed E-state index contributed by atoms with van der Waals surface area (Å²) in [5.74, 6) is 1.43. The van der Waals surface area contributed by atoms with Crippen molar-refractivity contribution in [2.24, 2.45) is 0 Å². The number of piperidine rings is 1. The van der Waals surface area contributed by atoms with Gasteiger partial charge in [-0.15, -0.1) is 0 Å². The van der Waals surface area contributed by atoms with Crippen LogP contribution in [0.4, 0.5) is 0 Å². The predicted molar refractivity (Wildman–Crippen MR) is 111 cm³/mol. The molecule has 1 saturated heterocycles. The lowest BCUT2D eigenvalue weighted by Crippen LogP contribution is -2.37. The van der Waals surface area contributed by atoms with Gasteiger partial charge < -0.3 is 14.6 Å². The van der Waals surface area contributed by atoms with E-state index in [0.29, 0.717) is 18.3 Å². The smallest absolute Gasteiger partial charge is 0.290 e. The predicted octanol–water partition coefficient (Wildman–Crippen LogP) is 4.00. The van der Waals surface area contributed by atoms with E-state index in [4.69, 9.17) is 9.26 Å². The molecule has 0 bridgehead atoms. The van der Waals surface area contributed by atoms with Gasteiger partial charge in [-0.05, 0) is 44.4 Å². The molecule has 1 aromatic heterocycles. The van der Waals surface area contributed by atoms with Crippen LogP contribution in [0.2, 0.25) is 0 Å². The van der Waals surface area contributed by atoms with Gasteiger partial charge >= 0.3 is 0 Å². The monoisotopic (exact) mass is 397 g/mol. The molecule has 2 aromatic rings. The summed E-state index contributed by atoms with van der Waals surface area (Å²) in [4.78, 5) is 14.9. The lowest BCUT2D eigenvalue weighted by Gasteiger charge is -2.31. The number of rotatable bonds is 7. The summed E-state index contributed by atoms with van der Waals surface area (Å²) in [6.45, 7) is 3.55. The van der Waals surface area contributed by atoms with Crippen molar-refractivity contribution in [3.63, 3.8) is 0 Å². The summed E-state index contributed by atoms with van der Waals surface area (Å²) >= 11 is 0. The van der Waals surface area contributed by atoms with E-state index in [9.17, 15) is 4.79 Å². The minimum Gasteiger partial charge on any atom is -0.492 e. The third-order valence-electron chi connectivity index (χ3n) is 6.04. The first-order chi connectivity index (χ1) is 14.3. The molecule has 1 aliphatic heterocycles. The second-order valence-electron chi connectivity index (χ2n) is 8.23. The van der Waals surface area contributed by atoms with E-state index in [1.54, 1.807) is 0 Å². The van der Waals surface area contributed by atoms with Gasteiger partial charge in [-0.2, -0.15) is 0 Å². The Labute approximate surface area is 172 Å². The van der Waals surface area contributed by atoms with Crippen molar-refractivity contribution < 1.29 is 14.1 Å². The molecule has 4 rings (SSSR count). The molecule has 2 fully saturated rings. The standard InChI is InChI=1S/C23H31N3O3/c27-23(24-19-9-3-1-4-10-19)22-16-21(25-29-22)18-8-7-13-26(17-18)14-15-28-20-11-5-2-6-12-20/h2,5-6,11-12,16,18-19H,1,3-4,7-10,13-15,17H2,(H,24,27). The molecule has 6 nitrogen and oxygen atoms in total. The topological polar surface area (TPSA) is 67.6 Å². The lowest BCUT2D eigenvalue weighted by atomic mass is 9.94. The van der Waals surface area contributed by atoms with E-state index in [1.165, 1.54) is 19.3 Å². The molecule has 1 unspecified atom stereocenters. The van der Waals surface area contributed by atoms with Crippen LogP contribution in [0.3, 0.4) is 0 Å². The Morgan fingerprint density at radius 1 is 1.14 bits per heavy atom. The Morgan fingerprint density at radius 2 is 1.97 bits per heavy atom. The van der Waals surface area contributed by atoms with Crippen LogP contribution in [-0.4, -0.2) is 48.2 Å². The van der Waals surface area contributed by atoms with E-state index in [-0.39, 0.29) is 11.9 Å². The molecule has 0 radical (unpaired) electrons. The zero-order chi connectivity index (χ0) is 19.9. The lowest BCUT2D eigenvalue weighted by molar-refractivity contribution is 0.0890. The first kappa shape index (κ1) is 20.0. The maximum absolute atomic E-state index is 12.5. The van der Waals surface area contributed by atoms with E-state index in [2.05, 4.69) is 15.4 Å². The van der Waals surface area contributed by atoms with E-state index < -0.39 is 0 Å². The molecule has 29 heavy (non-hydrogen) atoms. The van der Waals surface area contributed by atoms with Gasteiger partial charge in [-0.25, -0.2) is 0 Å². The molecule has 1 amide bonds. The molecule has 2 heterocycles. The van der Waals surface area contributed by atoms with Crippen LogP contribution in [-0.2, 0) is 0 Å². The average molecular weight is 398 g/mol. The highest BCUT2D eigenvalue weighted by molar-refractivity contribution is 5.91. The van der Waals surface area contributed by atoms with Gasteiger partial charge in [0.05, 0.1) is 5.69 Å². The van der Waals surface area contributed by atoms with Gasteiger partial charge in [-0.3, -0.25) is 9.69 Å². The SMILES string of the molecule is O=C(NC1CCCCC1)c1cc(C2CCCN(CCOc3ccccc3)C2)no1. The van der Waals surface area contributed by atoms with Crippen LogP contribution in [0.25, 0.3) is 0 Å². The summed E-state index contributed by atoms with van der Waals surface area (Å²) in [6, 6.07) is 12.0. The molecule has 156 valence electrons. The van der Waals surface area contributed by atoms with Crippen molar-refractivity contribution in [1.29, 1.82) is 0 Å². The molecular formula is C23H31N3O3. The Morgan fingerprint density at radius 3 is 2.79 bits per heavy atom. The molecule has 1 aliphatic carbocycles. The van der Waals surface area contributed by atoms with E-state index in [1.807, 2.05) is 36.4 Å². The number of amides is 1. The maximum Gasteiger partial charge on any atom is 0.290 e. The summed E-state index contributed by atoms with van der Waals surface area (Å²) in [6.07, 6.45) is 7.98. The zero-order valence-corrected chi connectivity index (χ0v) is 17.0. The Hall–Kier alpha value is -2.34. The van der Waals surface area contributed by atoms with Crippen molar-refractivity contribution in [2.45, 2.75) is 56.9 Å². The number of carbonyl (C=O) groups excluding carboxylic acids is 1. The fourth-order valence-electron chi connectivity index (χ4n) is 4.40. The van der Waals surface area contributed by atoms with Gasteiger partial charge in [0.25, 0.3) is 5.91 Å². The fourth-order valence-corrected chi connectivity index (χ4v) is 4.40. The van der Waals surface area contributed by atoms with E-state index in [0.717, 1.165) is 56.8 Å². The summed E-state index contributed by atoms with van der Waals surface area (Å²) in [5, 5.41) is 7.33. The molecule has 1 N–H and O–H groups in total. The Balaban J connectivity index is 1.26. The molecular weight excluding hydrogens is 366 g/mol. The molecule has 6 heteroatoms. The number of carbonyl (C=O) groups is 1. The highest BCUT2D eigenvalue weighted by Crippen LogP contribution is 2.27.